The highest BCUT2D eigenvalue weighted by Gasteiger charge is 2.31. The Morgan fingerprint density at radius 3 is 2.64 bits per heavy atom. The van der Waals surface area contributed by atoms with Crippen LogP contribution in [0.3, 0.4) is 0 Å². The summed E-state index contributed by atoms with van der Waals surface area (Å²) in [5.74, 6) is -0.0192. The molecule has 0 atom stereocenters. The number of halogens is 1. The van der Waals surface area contributed by atoms with Gasteiger partial charge in [-0.15, -0.1) is 0 Å². The Kier molecular flexibility index (Phi) is 4.86. The summed E-state index contributed by atoms with van der Waals surface area (Å²) < 4.78 is 19.1. The standard InChI is InChI=1S/C20H20FNO3/c1-3-22(4-2)12-16-17(23)9-8-15-19(24)18(25-20(15)16)11-13-6-5-7-14(21)10-13/h5-11,23H,3-4,12H2,1-2H3/b18-11-. The van der Waals surface area contributed by atoms with Gasteiger partial charge in [0.1, 0.15) is 17.3 Å². The first-order valence-corrected chi connectivity index (χ1v) is 8.30. The fourth-order valence-corrected chi connectivity index (χ4v) is 2.87. The Balaban J connectivity index is 1.98. The van der Waals surface area contributed by atoms with Gasteiger partial charge in [-0.1, -0.05) is 26.0 Å². The number of phenols is 1. The Morgan fingerprint density at radius 1 is 1.20 bits per heavy atom. The van der Waals surface area contributed by atoms with E-state index in [4.69, 9.17) is 4.74 Å². The average molecular weight is 341 g/mol. The number of benzene rings is 2. The smallest absolute Gasteiger partial charge is 0.231 e. The minimum absolute atomic E-state index is 0.102. The largest absolute Gasteiger partial charge is 0.507 e. The molecule has 0 saturated heterocycles. The summed E-state index contributed by atoms with van der Waals surface area (Å²) in [5, 5.41) is 10.2. The van der Waals surface area contributed by atoms with Crippen LogP contribution in [0, 0.1) is 5.82 Å². The molecule has 1 heterocycles. The summed E-state index contributed by atoms with van der Waals surface area (Å²) in [6.07, 6.45) is 1.52. The maximum Gasteiger partial charge on any atom is 0.231 e. The molecule has 0 saturated carbocycles. The number of rotatable bonds is 5. The molecule has 25 heavy (non-hydrogen) atoms. The lowest BCUT2D eigenvalue weighted by Gasteiger charge is -2.20. The number of allylic oxidation sites excluding steroid dienone is 1. The molecule has 4 nitrogen and oxygen atoms in total. The number of hydrogen-bond donors (Lipinski definition) is 1. The van der Waals surface area contributed by atoms with E-state index in [2.05, 4.69) is 4.90 Å². The lowest BCUT2D eigenvalue weighted by molar-refractivity contribution is 0.101. The van der Waals surface area contributed by atoms with E-state index in [0.717, 1.165) is 13.1 Å². The predicted molar refractivity (Wildman–Crippen MR) is 94.1 cm³/mol. The third-order valence-electron chi connectivity index (χ3n) is 4.34. The van der Waals surface area contributed by atoms with Gasteiger partial charge in [-0.2, -0.15) is 0 Å². The summed E-state index contributed by atoms with van der Waals surface area (Å²) in [5.41, 5.74) is 1.56. The number of ether oxygens (including phenoxy) is 1. The molecule has 1 aliphatic rings. The van der Waals surface area contributed by atoms with Crippen LogP contribution in [0.15, 0.2) is 42.2 Å². The van der Waals surface area contributed by atoms with Crippen LogP contribution in [-0.2, 0) is 6.54 Å². The van der Waals surface area contributed by atoms with Crippen LogP contribution in [0.2, 0.25) is 0 Å². The van der Waals surface area contributed by atoms with Gasteiger partial charge in [-0.25, -0.2) is 4.39 Å². The van der Waals surface area contributed by atoms with Gasteiger partial charge in [0.2, 0.25) is 5.78 Å². The maximum atomic E-state index is 13.3. The average Bonchev–Trinajstić information content (AvgIpc) is 2.90. The van der Waals surface area contributed by atoms with E-state index in [9.17, 15) is 14.3 Å². The zero-order chi connectivity index (χ0) is 18.0. The topological polar surface area (TPSA) is 49.8 Å². The summed E-state index contributed by atoms with van der Waals surface area (Å²) in [6.45, 7) is 6.19. The molecule has 2 aromatic rings. The molecule has 0 aliphatic carbocycles. The molecular formula is C20H20FNO3. The zero-order valence-electron chi connectivity index (χ0n) is 14.3. The van der Waals surface area contributed by atoms with Crippen molar-refractivity contribution in [1.82, 2.24) is 4.90 Å². The van der Waals surface area contributed by atoms with Gasteiger partial charge in [-0.3, -0.25) is 9.69 Å². The molecule has 0 fully saturated rings. The molecule has 5 heteroatoms. The van der Waals surface area contributed by atoms with Crippen molar-refractivity contribution < 1.29 is 19.0 Å². The van der Waals surface area contributed by atoms with Crippen molar-refractivity contribution in [2.24, 2.45) is 0 Å². The van der Waals surface area contributed by atoms with Gasteiger partial charge in [0.25, 0.3) is 0 Å². The van der Waals surface area contributed by atoms with Crippen molar-refractivity contribution >= 4 is 11.9 Å². The van der Waals surface area contributed by atoms with Crippen LogP contribution in [0.5, 0.6) is 11.5 Å². The van der Waals surface area contributed by atoms with Gasteiger partial charge in [0.05, 0.1) is 11.1 Å². The molecule has 2 aromatic carbocycles. The predicted octanol–water partition coefficient (Wildman–Crippen LogP) is 3.99. The highest BCUT2D eigenvalue weighted by molar-refractivity contribution is 6.15. The first kappa shape index (κ1) is 17.2. The van der Waals surface area contributed by atoms with Gasteiger partial charge in [-0.05, 0) is 49.0 Å². The van der Waals surface area contributed by atoms with E-state index in [-0.39, 0.29) is 23.1 Å². The zero-order valence-corrected chi connectivity index (χ0v) is 14.3. The van der Waals surface area contributed by atoms with Crippen molar-refractivity contribution in [2.45, 2.75) is 20.4 Å². The number of ketones is 1. The van der Waals surface area contributed by atoms with Gasteiger partial charge in [0, 0.05) is 6.54 Å². The van der Waals surface area contributed by atoms with Crippen LogP contribution < -0.4 is 4.74 Å². The number of fused-ring (bicyclic) bond motifs is 1. The van der Waals surface area contributed by atoms with Crippen LogP contribution in [0.4, 0.5) is 4.39 Å². The SMILES string of the molecule is CCN(CC)Cc1c(O)ccc2c1O/C(=C\c1cccc(F)c1)C2=O. The molecule has 0 amide bonds. The molecule has 0 spiro atoms. The molecular weight excluding hydrogens is 321 g/mol. The molecule has 0 aromatic heterocycles. The quantitative estimate of drug-likeness (QED) is 0.836. The van der Waals surface area contributed by atoms with E-state index < -0.39 is 0 Å². The summed E-state index contributed by atoms with van der Waals surface area (Å²) >= 11 is 0. The lowest BCUT2D eigenvalue weighted by atomic mass is 10.0. The van der Waals surface area contributed by atoms with E-state index in [0.29, 0.717) is 29.0 Å². The first-order valence-electron chi connectivity index (χ1n) is 8.30. The Labute approximate surface area is 146 Å². The number of hydrogen-bond acceptors (Lipinski definition) is 4. The molecule has 130 valence electrons. The molecule has 0 unspecified atom stereocenters. The molecule has 1 aliphatic heterocycles. The number of Topliss-reactive ketones (excluding diaryl/α,β-unsaturated/α-hetero) is 1. The summed E-state index contributed by atoms with van der Waals surface area (Å²) in [4.78, 5) is 14.7. The van der Waals surface area contributed by atoms with Crippen LogP contribution >= 0.6 is 0 Å². The van der Waals surface area contributed by atoms with E-state index in [1.165, 1.54) is 24.3 Å². The van der Waals surface area contributed by atoms with E-state index in [1.807, 2.05) is 13.8 Å². The van der Waals surface area contributed by atoms with Crippen molar-refractivity contribution in [3.63, 3.8) is 0 Å². The highest BCUT2D eigenvalue weighted by Crippen LogP contribution is 2.40. The molecule has 0 radical (unpaired) electrons. The summed E-state index contributed by atoms with van der Waals surface area (Å²) in [6, 6.07) is 9.03. The second-order valence-corrected chi connectivity index (χ2v) is 5.90. The van der Waals surface area contributed by atoms with Crippen molar-refractivity contribution in [3.8, 4) is 11.5 Å². The van der Waals surface area contributed by atoms with Crippen molar-refractivity contribution in [2.75, 3.05) is 13.1 Å². The third kappa shape index (κ3) is 3.42. The fraction of sp³-hybridized carbons (Fsp3) is 0.250. The molecule has 0 bridgehead atoms. The Bertz CT molecular complexity index is 841. The second-order valence-electron chi connectivity index (χ2n) is 5.90. The van der Waals surface area contributed by atoms with Crippen molar-refractivity contribution in [3.05, 3.63) is 64.7 Å². The molecule has 3 rings (SSSR count). The Hall–Kier alpha value is -2.66. The maximum absolute atomic E-state index is 13.3. The highest BCUT2D eigenvalue weighted by atomic mass is 19.1. The minimum atomic E-state index is -0.378. The molecule has 1 N–H and O–H groups in total. The van der Waals surface area contributed by atoms with Gasteiger partial charge >= 0.3 is 0 Å². The number of nitrogens with zero attached hydrogens (tertiary/aromatic N) is 1. The number of phenolic OH excluding ortho intramolecular Hbond substituents is 1. The van der Waals surface area contributed by atoms with Crippen LogP contribution in [0.1, 0.15) is 35.3 Å². The van der Waals surface area contributed by atoms with E-state index >= 15 is 0 Å². The van der Waals surface area contributed by atoms with Gasteiger partial charge in [0.15, 0.2) is 5.76 Å². The Morgan fingerprint density at radius 2 is 1.96 bits per heavy atom. The van der Waals surface area contributed by atoms with Gasteiger partial charge < -0.3 is 9.84 Å². The normalized spacial score (nSPS) is 14.9. The van der Waals surface area contributed by atoms with Crippen LogP contribution in [-0.4, -0.2) is 28.9 Å². The monoisotopic (exact) mass is 341 g/mol. The lowest BCUT2D eigenvalue weighted by Crippen LogP contribution is -2.22. The third-order valence-corrected chi connectivity index (χ3v) is 4.34. The minimum Gasteiger partial charge on any atom is -0.507 e. The summed E-state index contributed by atoms with van der Waals surface area (Å²) in [7, 11) is 0. The second kappa shape index (κ2) is 7.07. The number of aromatic hydroxyl groups is 1. The van der Waals surface area contributed by atoms with E-state index in [1.54, 1.807) is 18.2 Å². The fourth-order valence-electron chi connectivity index (χ4n) is 2.87. The first-order chi connectivity index (χ1) is 12.0. The van der Waals surface area contributed by atoms with Crippen LogP contribution in [0.25, 0.3) is 6.08 Å². The number of carbonyl (C=O) groups excluding carboxylic acids is 1. The number of carbonyl (C=O) groups is 1. The van der Waals surface area contributed by atoms with Crippen molar-refractivity contribution in [1.29, 1.82) is 0 Å².